The highest BCUT2D eigenvalue weighted by Gasteiger charge is 2.19. The molecule has 0 aliphatic heterocycles. The van der Waals surface area contributed by atoms with Gasteiger partial charge >= 0.3 is 5.97 Å². The normalized spacial score (nSPS) is 12.7. The van der Waals surface area contributed by atoms with Gasteiger partial charge in [0.25, 0.3) is 0 Å². The van der Waals surface area contributed by atoms with E-state index >= 15 is 0 Å². The zero-order chi connectivity index (χ0) is 10.7. The molecule has 0 fully saturated rings. The quantitative estimate of drug-likeness (QED) is 0.759. The van der Waals surface area contributed by atoms with Crippen LogP contribution in [0.5, 0.6) is 0 Å². The Hall–Kier alpha value is -1.52. The number of carboxylic acids is 1. The number of anilines is 1. The first-order chi connectivity index (χ1) is 6.56. The summed E-state index contributed by atoms with van der Waals surface area (Å²) < 4.78 is 1.43. The molecule has 1 rings (SSSR count). The van der Waals surface area contributed by atoms with Crippen LogP contribution in [0.4, 0.5) is 5.82 Å². The first kappa shape index (κ1) is 10.6. The van der Waals surface area contributed by atoms with Gasteiger partial charge in [0.2, 0.25) is 0 Å². The Kier molecular flexibility index (Phi) is 3.11. The third-order valence-electron chi connectivity index (χ3n) is 2.12. The number of carboxylic acid groups (broad SMARTS) is 1. The summed E-state index contributed by atoms with van der Waals surface area (Å²) in [7, 11) is 0. The highest BCUT2D eigenvalue weighted by molar-refractivity contribution is 5.71. The van der Waals surface area contributed by atoms with Gasteiger partial charge in [-0.15, -0.1) is 0 Å². The van der Waals surface area contributed by atoms with E-state index in [-0.39, 0.29) is 0 Å². The molecule has 0 aliphatic rings. The Balaban J connectivity index is 2.93. The smallest absolute Gasteiger partial charge is 0.328 e. The maximum Gasteiger partial charge on any atom is 0.328 e. The molecule has 1 aromatic rings. The van der Waals surface area contributed by atoms with Crippen molar-refractivity contribution in [2.45, 2.75) is 32.7 Å². The highest BCUT2D eigenvalue weighted by atomic mass is 16.4. The van der Waals surface area contributed by atoms with Crippen LogP contribution < -0.4 is 5.73 Å². The summed E-state index contributed by atoms with van der Waals surface area (Å²) in [5, 5.41) is 12.9. The second-order valence-electron chi connectivity index (χ2n) is 3.32. The van der Waals surface area contributed by atoms with Crippen molar-refractivity contribution in [1.82, 2.24) is 9.78 Å². The number of hydrogen-bond acceptors (Lipinski definition) is 3. The molecule has 0 radical (unpaired) electrons. The predicted octanol–water partition coefficient (Wildman–Crippen LogP) is 1.20. The van der Waals surface area contributed by atoms with Crippen molar-refractivity contribution in [1.29, 1.82) is 0 Å². The minimum Gasteiger partial charge on any atom is -0.480 e. The number of carbonyl (C=O) groups is 1. The highest BCUT2D eigenvalue weighted by Crippen LogP contribution is 2.16. The van der Waals surface area contributed by atoms with Crippen LogP contribution >= 0.6 is 0 Å². The van der Waals surface area contributed by atoms with E-state index in [1.54, 1.807) is 6.20 Å². The van der Waals surface area contributed by atoms with E-state index in [4.69, 9.17) is 10.8 Å². The van der Waals surface area contributed by atoms with E-state index in [9.17, 15) is 4.79 Å². The first-order valence-corrected chi connectivity index (χ1v) is 4.60. The average molecular weight is 197 g/mol. The van der Waals surface area contributed by atoms with Gasteiger partial charge in [-0.05, 0) is 13.3 Å². The molecule has 0 aromatic carbocycles. The van der Waals surface area contributed by atoms with Crippen LogP contribution in [0.2, 0.25) is 0 Å². The molecule has 0 saturated carbocycles. The summed E-state index contributed by atoms with van der Waals surface area (Å²) in [6.45, 7) is 3.75. The molecule has 0 saturated heterocycles. The van der Waals surface area contributed by atoms with Crippen molar-refractivity contribution in [3.05, 3.63) is 11.8 Å². The largest absolute Gasteiger partial charge is 0.480 e. The Morgan fingerprint density at radius 2 is 2.43 bits per heavy atom. The predicted molar refractivity (Wildman–Crippen MR) is 53.0 cm³/mol. The molecule has 0 aliphatic carbocycles. The van der Waals surface area contributed by atoms with Crippen molar-refractivity contribution in [3.63, 3.8) is 0 Å². The molecule has 0 amide bonds. The van der Waals surface area contributed by atoms with Crippen LogP contribution in [0.3, 0.4) is 0 Å². The molecule has 1 aromatic heterocycles. The van der Waals surface area contributed by atoms with E-state index in [1.165, 1.54) is 4.68 Å². The molecule has 14 heavy (non-hydrogen) atoms. The Morgan fingerprint density at radius 3 is 2.79 bits per heavy atom. The maximum absolute atomic E-state index is 10.9. The summed E-state index contributed by atoms with van der Waals surface area (Å²) >= 11 is 0. The average Bonchev–Trinajstić information content (AvgIpc) is 2.42. The molecule has 0 spiro atoms. The fourth-order valence-electron chi connectivity index (χ4n) is 1.30. The van der Waals surface area contributed by atoms with E-state index in [2.05, 4.69) is 5.10 Å². The minimum atomic E-state index is -0.866. The van der Waals surface area contributed by atoms with Gasteiger partial charge in [0.15, 0.2) is 0 Å². The minimum absolute atomic E-state index is 0.396. The molecule has 0 bridgehead atoms. The zero-order valence-corrected chi connectivity index (χ0v) is 8.40. The van der Waals surface area contributed by atoms with Gasteiger partial charge in [-0.2, -0.15) is 5.10 Å². The van der Waals surface area contributed by atoms with Gasteiger partial charge in [0, 0.05) is 11.8 Å². The van der Waals surface area contributed by atoms with Gasteiger partial charge in [0.1, 0.15) is 11.9 Å². The standard InChI is InChI=1S/C9H15N3O2/c1-3-4-7(9(13)14)12-5-6(2)8(10)11-12/h5,7H,3-4H2,1-2H3,(H2,10,11)(H,13,14). The fraction of sp³-hybridized carbons (Fsp3) is 0.556. The molecule has 5 heteroatoms. The van der Waals surface area contributed by atoms with Crippen LogP contribution in [0.25, 0.3) is 0 Å². The SMILES string of the molecule is CCCC(C(=O)O)n1cc(C)c(N)n1. The van der Waals surface area contributed by atoms with Crippen molar-refractivity contribution in [2.75, 3.05) is 5.73 Å². The molecule has 1 unspecified atom stereocenters. The van der Waals surface area contributed by atoms with Crippen molar-refractivity contribution < 1.29 is 9.90 Å². The van der Waals surface area contributed by atoms with Crippen molar-refractivity contribution in [3.8, 4) is 0 Å². The summed E-state index contributed by atoms with van der Waals surface area (Å²) in [6, 6.07) is -0.601. The van der Waals surface area contributed by atoms with Gasteiger partial charge < -0.3 is 10.8 Å². The first-order valence-electron chi connectivity index (χ1n) is 4.60. The van der Waals surface area contributed by atoms with Crippen LogP contribution in [0.15, 0.2) is 6.20 Å². The number of aryl methyl sites for hydroxylation is 1. The van der Waals surface area contributed by atoms with Gasteiger partial charge in [-0.1, -0.05) is 13.3 Å². The number of aromatic nitrogens is 2. The summed E-state index contributed by atoms with van der Waals surface area (Å²) in [6.07, 6.45) is 3.04. The van der Waals surface area contributed by atoms with Crippen LogP contribution in [-0.4, -0.2) is 20.9 Å². The van der Waals surface area contributed by atoms with Crippen LogP contribution in [0, 0.1) is 6.92 Å². The van der Waals surface area contributed by atoms with E-state index in [0.29, 0.717) is 12.2 Å². The maximum atomic E-state index is 10.9. The summed E-state index contributed by atoms with van der Waals surface area (Å²) in [5.41, 5.74) is 6.36. The lowest BCUT2D eigenvalue weighted by Crippen LogP contribution is -2.19. The fourth-order valence-corrected chi connectivity index (χ4v) is 1.30. The number of rotatable bonds is 4. The van der Waals surface area contributed by atoms with E-state index in [1.807, 2.05) is 13.8 Å². The topological polar surface area (TPSA) is 81.1 Å². The Bertz CT molecular complexity index is 313. The number of nitrogens with zero attached hydrogens (tertiary/aromatic N) is 2. The van der Waals surface area contributed by atoms with Crippen LogP contribution in [0.1, 0.15) is 31.4 Å². The Morgan fingerprint density at radius 1 is 1.79 bits per heavy atom. The van der Waals surface area contributed by atoms with Crippen molar-refractivity contribution >= 4 is 11.8 Å². The van der Waals surface area contributed by atoms with E-state index < -0.39 is 12.0 Å². The lowest BCUT2D eigenvalue weighted by molar-refractivity contribution is -0.141. The molecule has 78 valence electrons. The molecule has 1 atom stereocenters. The van der Waals surface area contributed by atoms with Gasteiger partial charge in [-0.25, -0.2) is 4.79 Å². The molecular formula is C9H15N3O2. The van der Waals surface area contributed by atoms with Gasteiger partial charge in [-0.3, -0.25) is 4.68 Å². The molecule has 1 heterocycles. The summed E-state index contributed by atoms with van der Waals surface area (Å²) in [4.78, 5) is 10.9. The second kappa shape index (κ2) is 4.13. The summed E-state index contributed by atoms with van der Waals surface area (Å²) in [5.74, 6) is -0.471. The second-order valence-corrected chi connectivity index (χ2v) is 3.32. The zero-order valence-electron chi connectivity index (χ0n) is 8.40. The van der Waals surface area contributed by atoms with Crippen molar-refractivity contribution in [2.24, 2.45) is 0 Å². The third kappa shape index (κ3) is 2.04. The third-order valence-corrected chi connectivity index (χ3v) is 2.12. The lowest BCUT2D eigenvalue weighted by atomic mass is 10.2. The number of aliphatic carboxylic acids is 1. The lowest BCUT2D eigenvalue weighted by Gasteiger charge is -2.10. The number of nitrogens with two attached hydrogens (primary N) is 1. The Labute approximate surface area is 82.5 Å². The molecular weight excluding hydrogens is 182 g/mol. The monoisotopic (exact) mass is 197 g/mol. The molecule has 5 nitrogen and oxygen atoms in total. The van der Waals surface area contributed by atoms with Gasteiger partial charge in [0.05, 0.1) is 0 Å². The van der Waals surface area contributed by atoms with Crippen LogP contribution in [-0.2, 0) is 4.79 Å². The molecule has 3 N–H and O–H groups in total. The number of nitrogen functional groups attached to an aromatic ring is 1. The number of hydrogen-bond donors (Lipinski definition) is 2. The van der Waals surface area contributed by atoms with E-state index in [0.717, 1.165) is 12.0 Å².